The van der Waals surface area contributed by atoms with E-state index in [0.29, 0.717) is 5.13 Å². The van der Waals surface area contributed by atoms with Crippen molar-refractivity contribution in [3.8, 4) is 0 Å². The minimum absolute atomic E-state index is 0.0197. The van der Waals surface area contributed by atoms with Crippen LogP contribution in [0.5, 0.6) is 0 Å². The Kier molecular flexibility index (Phi) is 1.40. The van der Waals surface area contributed by atoms with E-state index in [0.717, 1.165) is 18.5 Å². The number of thiazole rings is 1. The molecule has 0 radical (unpaired) electrons. The lowest BCUT2D eigenvalue weighted by Crippen LogP contribution is -2.12. The van der Waals surface area contributed by atoms with Crippen molar-refractivity contribution in [2.45, 2.75) is 18.3 Å². The topological polar surface area (TPSA) is 59.1 Å². The van der Waals surface area contributed by atoms with Crippen LogP contribution in [0.2, 0.25) is 0 Å². The predicted octanol–water partition coefficient (Wildman–Crippen LogP) is 0.749. The molecule has 3 nitrogen and oxygen atoms in total. The molecule has 1 aromatic rings. The van der Waals surface area contributed by atoms with E-state index in [2.05, 4.69) is 4.98 Å². The van der Waals surface area contributed by atoms with Gasteiger partial charge in [0.25, 0.3) is 0 Å². The van der Waals surface area contributed by atoms with Crippen molar-refractivity contribution in [3.63, 3.8) is 0 Å². The Hall–Kier alpha value is -0.610. The number of hydrogen-bond donors (Lipinski definition) is 2. The lowest BCUT2D eigenvalue weighted by molar-refractivity contribution is 0.253. The zero-order valence-corrected chi connectivity index (χ0v) is 6.90. The molecule has 0 aromatic carbocycles. The van der Waals surface area contributed by atoms with Crippen molar-refractivity contribution in [1.82, 2.24) is 4.98 Å². The Balaban J connectivity index is 2.29. The molecule has 0 bridgehead atoms. The van der Waals surface area contributed by atoms with Crippen LogP contribution in [0.15, 0.2) is 5.38 Å². The number of rotatable bonds is 2. The molecule has 0 atom stereocenters. The van der Waals surface area contributed by atoms with Crippen LogP contribution in [-0.2, 0) is 5.41 Å². The molecule has 1 aliphatic rings. The van der Waals surface area contributed by atoms with E-state index >= 15 is 0 Å². The van der Waals surface area contributed by atoms with E-state index < -0.39 is 0 Å². The van der Waals surface area contributed by atoms with E-state index in [9.17, 15) is 0 Å². The van der Waals surface area contributed by atoms with Gasteiger partial charge in [-0.05, 0) is 12.8 Å². The van der Waals surface area contributed by atoms with Crippen LogP contribution < -0.4 is 5.73 Å². The Labute approximate surface area is 68.9 Å². The fourth-order valence-corrected chi connectivity index (χ4v) is 1.86. The molecular formula is C7H10N2OS. The lowest BCUT2D eigenvalue weighted by Gasteiger charge is -2.05. The third-order valence-electron chi connectivity index (χ3n) is 2.22. The number of nitrogens with zero attached hydrogens (tertiary/aromatic N) is 1. The van der Waals surface area contributed by atoms with Gasteiger partial charge in [0.05, 0.1) is 12.3 Å². The fraction of sp³-hybridized carbons (Fsp3) is 0.571. The van der Waals surface area contributed by atoms with Gasteiger partial charge in [-0.15, -0.1) is 11.3 Å². The quantitative estimate of drug-likeness (QED) is 0.688. The smallest absolute Gasteiger partial charge is 0.180 e. The van der Waals surface area contributed by atoms with Gasteiger partial charge in [-0.1, -0.05) is 0 Å². The second kappa shape index (κ2) is 2.19. The summed E-state index contributed by atoms with van der Waals surface area (Å²) >= 11 is 1.44. The van der Waals surface area contributed by atoms with E-state index in [4.69, 9.17) is 10.8 Å². The van der Waals surface area contributed by atoms with Crippen LogP contribution in [-0.4, -0.2) is 16.7 Å². The minimum Gasteiger partial charge on any atom is -0.395 e. The summed E-state index contributed by atoms with van der Waals surface area (Å²) in [5.74, 6) is 0. The van der Waals surface area contributed by atoms with E-state index in [1.54, 1.807) is 0 Å². The molecule has 1 fully saturated rings. The summed E-state index contributed by atoms with van der Waals surface area (Å²) in [5, 5.41) is 11.6. The van der Waals surface area contributed by atoms with Crippen molar-refractivity contribution in [2.24, 2.45) is 0 Å². The van der Waals surface area contributed by atoms with Crippen molar-refractivity contribution in [3.05, 3.63) is 11.1 Å². The molecule has 0 amide bonds. The SMILES string of the molecule is Nc1nc(C2(CO)CC2)cs1. The number of nitrogen functional groups attached to an aromatic ring is 1. The Morgan fingerprint density at radius 1 is 1.73 bits per heavy atom. The van der Waals surface area contributed by atoms with Crippen LogP contribution >= 0.6 is 11.3 Å². The third kappa shape index (κ3) is 1.02. The van der Waals surface area contributed by atoms with Gasteiger partial charge in [-0.25, -0.2) is 4.98 Å². The van der Waals surface area contributed by atoms with Crippen LogP contribution in [0, 0.1) is 0 Å². The van der Waals surface area contributed by atoms with E-state index in [-0.39, 0.29) is 12.0 Å². The van der Waals surface area contributed by atoms with Crippen molar-refractivity contribution < 1.29 is 5.11 Å². The van der Waals surface area contributed by atoms with Crippen LogP contribution in [0.4, 0.5) is 5.13 Å². The van der Waals surface area contributed by atoms with Crippen LogP contribution in [0.1, 0.15) is 18.5 Å². The summed E-state index contributed by atoms with van der Waals surface area (Å²) in [6.45, 7) is 0.205. The molecule has 4 heteroatoms. The number of nitrogens with two attached hydrogens (primary N) is 1. The zero-order chi connectivity index (χ0) is 7.90. The first kappa shape index (κ1) is 7.06. The maximum Gasteiger partial charge on any atom is 0.180 e. The van der Waals surface area contributed by atoms with Gasteiger partial charge >= 0.3 is 0 Å². The number of aromatic nitrogens is 1. The molecule has 1 saturated carbocycles. The van der Waals surface area contributed by atoms with Gasteiger partial charge in [-0.3, -0.25) is 0 Å². The van der Waals surface area contributed by atoms with Crippen LogP contribution in [0.25, 0.3) is 0 Å². The Bertz CT molecular complexity index is 267. The summed E-state index contributed by atoms with van der Waals surface area (Å²) in [6.07, 6.45) is 2.10. The summed E-state index contributed by atoms with van der Waals surface area (Å²) in [7, 11) is 0. The highest BCUT2D eigenvalue weighted by Gasteiger charge is 2.45. The molecule has 1 aromatic heterocycles. The molecule has 0 aliphatic heterocycles. The minimum atomic E-state index is -0.0197. The fourth-order valence-electron chi connectivity index (χ4n) is 1.18. The second-order valence-corrected chi connectivity index (χ2v) is 3.90. The first-order valence-electron chi connectivity index (χ1n) is 3.59. The monoisotopic (exact) mass is 170 g/mol. The highest BCUT2D eigenvalue weighted by molar-refractivity contribution is 7.13. The number of anilines is 1. The van der Waals surface area contributed by atoms with Gasteiger partial charge in [-0.2, -0.15) is 0 Å². The highest BCUT2D eigenvalue weighted by atomic mass is 32.1. The first-order valence-corrected chi connectivity index (χ1v) is 4.47. The summed E-state index contributed by atoms with van der Waals surface area (Å²) in [6, 6.07) is 0. The summed E-state index contributed by atoms with van der Waals surface area (Å²) < 4.78 is 0. The molecule has 2 rings (SSSR count). The first-order chi connectivity index (χ1) is 5.27. The van der Waals surface area contributed by atoms with Crippen molar-refractivity contribution in [2.75, 3.05) is 12.3 Å². The van der Waals surface area contributed by atoms with E-state index in [1.807, 2.05) is 5.38 Å². The summed E-state index contributed by atoms with van der Waals surface area (Å²) in [5.41, 5.74) is 6.44. The van der Waals surface area contributed by atoms with Gasteiger partial charge in [0.15, 0.2) is 5.13 Å². The molecule has 0 spiro atoms. The maximum absolute atomic E-state index is 9.04. The largest absolute Gasteiger partial charge is 0.395 e. The highest BCUT2D eigenvalue weighted by Crippen LogP contribution is 2.47. The second-order valence-electron chi connectivity index (χ2n) is 3.01. The molecular weight excluding hydrogens is 160 g/mol. The predicted molar refractivity (Wildman–Crippen MR) is 44.5 cm³/mol. The average Bonchev–Trinajstić information content (AvgIpc) is 2.70. The maximum atomic E-state index is 9.04. The van der Waals surface area contributed by atoms with Crippen molar-refractivity contribution in [1.29, 1.82) is 0 Å². The lowest BCUT2D eigenvalue weighted by atomic mass is 10.1. The number of hydrogen-bond acceptors (Lipinski definition) is 4. The molecule has 3 N–H and O–H groups in total. The average molecular weight is 170 g/mol. The molecule has 0 unspecified atom stereocenters. The summed E-state index contributed by atoms with van der Waals surface area (Å²) in [4.78, 5) is 4.15. The Morgan fingerprint density at radius 3 is 2.82 bits per heavy atom. The number of aliphatic hydroxyl groups excluding tert-OH is 1. The number of aliphatic hydroxyl groups is 1. The van der Waals surface area contributed by atoms with Gasteiger partial charge in [0, 0.05) is 10.8 Å². The van der Waals surface area contributed by atoms with Crippen LogP contribution in [0.3, 0.4) is 0 Å². The molecule has 60 valence electrons. The molecule has 1 aliphatic carbocycles. The van der Waals surface area contributed by atoms with Gasteiger partial charge < -0.3 is 10.8 Å². The van der Waals surface area contributed by atoms with Gasteiger partial charge in [0.1, 0.15) is 0 Å². The van der Waals surface area contributed by atoms with E-state index in [1.165, 1.54) is 11.3 Å². The van der Waals surface area contributed by atoms with Crippen molar-refractivity contribution >= 4 is 16.5 Å². The Morgan fingerprint density at radius 2 is 2.45 bits per heavy atom. The molecule has 11 heavy (non-hydrogen) atoms. The normalized spacial score (nSPS) is 20.1. The molecule has 0 saturated heterocycles. The standard InChI is InChI=1S/C7H10N2OS/c8-6-9-5(3-11-6)7(4-10)1-2-7/h3,10H,1-2,4H2,(H2,8,9). The molecule has 1 heterocycles. The van der Waals surface area contributed by atoms with Gasteiger partial charge in [0.2, 0.25) is 0 Å². The zero-order valence-electron chi connectivity index (χ0n) is 6.08. The third-order valence-corrected chi connectivity index (χ3v) is 2.90.